The average molecular weight is 863 g/mol. The summed E-state index contributed by atoms with van der Waals surface area (Å²) in [4.78, 5) is 12.5. The van der Waals surface area contributed by atoms with Gasteiger partial charge in [0.2, 0.25) is 5.91 Å². The van der Waals surface area contributed by atoms with Gasteiger partial charge in [0.05, 0.1) is 18.8 Å². The minimum Gasteiger partial charge on any atom is -0.394 e. The SMILES string of the molecule is CCCCCCCCCCCCCCCCCCCCCCCCCCCCCCCCCCCCCCC(=O)NC(CO)C(O)CCCCCCCCCCCCCCC. The molecular formula is C57H115NO3. The van der Waals surface area contributed by atoms with Crippen LogP contribution in [0.25, 0.3) is 0 Å². The number of hydrogen-bond donors (Lipinski definition) is 3. The second-order valence-corrected chi connectivity index (χ2v) is 20.1. The van der Waals surface area contributed by atoms with Crippen LogP contribution in [0.15, 0.2) is 0 Å². The summed E-state index contributed by atoms with van der Waals surface area (Å²) in [5, 5.41) is 23.2. The smallest absolute Gasteiger partial charge is 0.220 e. The van der Waals surface area contributed by atoms with Crippen molar-refractivity contribution in [1.82, 2.24) is 5.32 Å². The Balaban J connectivity index is 3.32. The lowest BCUT2D eigenvalue weighted by Gasteiger charge is -2.22. The normalized spacial score (nSPS) is 12.7. The third-order valence-electron chi connectivity index (χ3n) is 13.9. The summed E-state index contributed by atoms with van der Waals surface area (Å²) in [5.41, 5.74) is 0. The first-order valence-corrected chi connectivity index (χ1v) is 28.7. The van der Waals surface area contributed by atoms with E-state index in [0.29, 0.717) is 12.8 Å². The van der Waals surface area contributed by atoms with Gasteiger partial charge >= 0.3 is 0 Å². The van der Waals surface area contributed by atoms with E-state index < -0.39 is 12.1 Å². The van der Waals surface area contributed by atoms with E-state index >= 15 is 0 Å². The lowest BCUT2D eigenvalue weighted by Crippen LogP contribution is -2.45. The summed E-state index contributed by atoms with van der Waals surface area (Å²) >= 11 is 0. The third kappa shape index (κ3) is 50.3. The quantitative estimate of drug-likeness (QED) is 0.0534. The minimum absolute atomic E-state index is 0.0235. The highest BCUT2D eigenvalue weighted by atomic mass is 16.3. The lowest BCUT2D eigenvalue weighted by atomic mass is 10.0. The van der Waals surface area contributed by atoms with Crippen molar-refractivity contribution in [3.63, 3.8) is 0 Å². The Morgan fingerprint density at radius 3 is 0.738 bits per heavy atom. The fraction of sp³-hybridized carbons (Fsp3) is 0.982. The number of carbonyl (C=O) groups excluding carboxylic acids is 1. The van der Waals surface area contributed by atoms with Crippen LogP contribution < -0.4 is 5.32 Å². The molecule has 0 fully saturated rings. The highest BCUT2D eigenvalue weighted by Crippen LogP contribution is 2.19. The molecule has 2 atom stereocenters. The van der Waals surface area contributed by atoms with Gasteiger partial charge in [-0.25, -0.2) is 0 Å². The van der Waals surface area contributed by atoms with Gasteiger partial charge in [0, 0.05) is 6.42 Å². The molecule has 366 valence electrons. The van der Waals surface area contributed by atoms with Crippen LogP contribution >= 0.6 is 0 Å². The third-order valence-corrected chi connectivity index (χ3v) is 13.9. The maximum Gasteiger partial charge on any atom is 0.220 e. The molecule has 0 spiro atoms. The van der Waals surface area contributed by atoms with Gasteiger partial charge < -0.3 is 15.5 Å². The van der Waals surface area contributed by atoms with Crippen molar-refractivity contribution >= 4 is 5.91 Å². The maximum atomic E-state index is 12.5. The lowest BCUT2D eigenvalue weighted by molar-refractivity contribution is -0.123. The van der Waals surface area contributed by atoms with Crippen molar-refractivity contribution in [2.45, 2.75) is 353 Å². The highest BCUT2D eigenvalue weighted by molar-refractivity contribution is 5.76. The summed E-state index contributed by atoms with van der Waals surface area (Å²) in [7, 11) is 0. The van der Waals surface area contributed by atoms with Gasteiger partial charge in [-0.2, -0.15) is 0 Å². The first-order valence-electron chi connectivity index (χ1n) is 28.7. The standard InChI is InChI=1S/C57H115NO3/c1-3-5-7-9-11-13-15-17-18-19-20-21-22-23-24-25-26-27-28-29-30-31-32-33-34-35-36-37-38-39-41-43-45-47-49-51-53-57(61)58-55(54-59)56(60)52-50-48-46-44-42-40-16-14-12-10-8-6-4-2/h55-56,59-60H,3-54H2,1-2H3,(H,58,61). The van der Waals surface area contributed by atoms with Crippen LogP contribution in [-0.4, -0.2) is 34.9 Å². The Hall–Kier alpha value is -0.610. The van der Waals surface area contributed by atoms with E-state index in [1.54, 1.807) is 0 Å². The van der Waals surface area contributed by atoms with Crippen molar-refractivity contribution in [3.05, 3.63) is 0 Å². The van der Waals surface area contributed by atoms with Crippen molar-refractivity contribution in [2.24, 2.45) is 0 Å². The molecule has 1 amide bonds. The van der Waals surface area contributed by atoms with Crippen LogP contribution in [0.4, 0.5) is 0 Å². The van der Waals surface area contributed by atoms with Crippen molar-refractivity contribution in [2.75, 3.05) is 6.61 Å². The Bertz CT molecular complexity index is 803. The van der Waals surface area contributed by atoms with Gasteiger partial charge in [0.25, 0.3) is 0 Å². The van der Waals surface area contributed by atoms with Gasteiger partial charge in [0.1, 0.15) is 0 Å². The molecule has 0 saturated heterocycles. The second kappa shape index (κ2) is 53.7. The fourth-order valence-electron chi connectivity index (χ4n) is 9.48. The van der Waals surface area contributed by atoms with Gasteiger partial charge in [-0.05, 0) is 12.8 Å². The number of carbonyl (C=O) groups is 1. The van der Waals surface area contributed by atoms with E-state index in [2.05, 4.69) is 19.2 Å². The van der Waals surface area contributed by atoms with Crippen LogP contribution in [0.2, 0.25) is 0 Å². The Morgan fingerprint density at radius 2 is 0.525 bits per heavy atom. The molecule has 0 radical (unpaired) electrons. The van der Waals surface area contributed by atoms with E-state index in [4.69, 9.17) is 0 Å². The fourth-order valence-corrected chi connectivity index (χ4v) is 9.48. The van der Waals surface area contributed by atoms with Crippen LogP contribution in [0, 0.1) is 0 Å². The maximum absolute atomic E-state index is 12.5. The number of aliphatic hydroxyl groups is 2. The van der Waals surface area contributed by atoms with Gasteiger partial charge in [-0.15, -0.1) is 0 Å². The first kappa shape index (κ1) is 60.4. The van der Waals surface area contributed by atoms with Crippen LogP contribution in [0.5, 0.6) is 0 Å². The molecule has 0 aliphatic rings. The molecule has 0 aromatic carbocycles. The molecule has 0 aromatic rings. The topological polar surface area (TPSA) is 69.6 Å². The zero-order valence-electron chi connectivity index (χ0n) is 42.2. The number of unbranched alkanes of at least 4 members (excludes halogenated alkanes) is 47. The molecule has 0 aliphatic carbocycles. The molecule has 3 N–H and O–H groups in total. The molecule has 2 unspecified atom stereocenters. The van der Waals surface area contributed by atoms with Crippen molar-refractivity contribution < 1.29 is 15.0 Å². The van der Waals surface area contributed by atoms with E-state index in [1.165, 1.54) is 289 Å². The first-order chi connectivity index (χ1) is 30.2. The van der Waals surface area contributed by atoms with Gasteiger partial charge in [-0.1, -0.05) is 322 Å². The molecule has 0 saturated carbocycles. The van der Waals surface area contributed by atoms with E-state index in [9.17, 15) is 15.0 Å². The molecule has 61 heavy (non-hydrogen) atoms. The van der Waals surface area contributed by atoms with Crippen LogP contribution in [0.3, 0.4) is 0 Å². The molecule has 4 heteroatoms. The summed E-state index contributed by atoms with van der Waals surface area (Å²) in [6.07, 6.45) is 68.3. The van der Waals surface area contributed by atoms with Crippen LogP contribution in [-0.2, 0) is 4.79 Å². The molecule has 0 heterocycles. The number of nitrogens with one attached hydrogen (secondary N) is 1. The van der Waals surface area contributed by atoms with Crippen molar-refractivity contribution in [3.8, 4) is 0 Å². The number of amides is 1. The van der Waals surface area contributed by atoms with Crippen molar-refractivity contribution in [1.29, 1.82) is 0 Å². The predicted octanol–water partition coefficient (Wildman–Crippen LogP) is 18.8. The molecule has 0 bridgehead atoms. The van der Waals surface area contributed by atoms with E-state index in [0.717, 1.165) is 25.7 Å². The number of hydrogen-bond acceptors (Lipinski definition) is 3. The van der Waals surface area contributed by atoms with E-state index in [-0.39, 0.29) is 12.5 Å². The summed E-state index contributed by atoms with van der Waals surface area (Å²) in [5.74, 6) is -0.0235. The predicted molar refractivity (Wildman–Crippen MR) is 272 cm³/mol. The van der Waals surface area contributed by atoms with Gasteiger partial charge in [0.15, 0.2) is 0 Å². The Morgan fingerprint density at radius 1 is 0.328 bits per heavy atom. The monoisotopic (exact) mass is 862 g/mol. The summed E-state index contributed by atoms with van der Waals surface area (Å²) in [6, 6.07) is -0.530. The highest BCUT2D eigenvalue weighted by Gasteiger charge is 2.20. The number of rotatable bonds is 54. The molecule has 0 rings (SSSR count). The Labute approximate surface area is 384 Å². The zero-order chi connectivity index (χ0) is 44.2. The minimum atomic E-state index is -0.653. The van der Waals surface area contributed by atoms with E-state index in [1.807, 2.05) is 0 Å². The van der Waals surface area contributed by atoms with Gasteiger partial charge in [-0.3, -0.25) is 4.79 Å². The average Bonchev–Trinajstić information content (AvgIpc) is 3.26. The van der Waals surface area contributed by atoms with Crippen LogP contribution in [0.1, 0.15) is 341 Å². The molecular weight excluding hydrogens is 747 g/mol. The number of aliphatic hydroxyl groups excluding tert-OH is 2. The molecule has 4 nitrogen and oxygen atoms in total. The molecule has 0 aromatic heterocycles. The largest absolute Gasteiger partial charge is 0.394 e. The second-order valence-electron chi connectivity index (χ2n) is 20.1. The molecule has 0 aliphatic heterocycles. The Kier molecular flexibility index (Phi) is 53.2. The zero-order valence-corrected chi connectivity index (χ0v) is 42.2. The summed E-state index contributed by atoms with van der Waals surface area (Å²) < 4.78 is 0. The summed E-state index contributed by atoms with van der Waals surface area (Å²) in [6.45, 7) is 4.39.